The third kappa shape index (κ3) is 6.21. The van der Waals surface area contributed by atoms with Crippen LogP contribution in [-0.2, 0) is 14.8 Å². The van der Waals surface area contributed by atoms with Crippen molar-refractivity contribution in [2.75, 3.05) is 20.3 Å². The number of rotatable bonds is 9. The maximum atomic E-state index is 12.3. The molecule has 1 atom stereocenters. The van der Waals surface area contributed by atoms with E-state index in [0.29, 0.717) is 10.0 Å². The van der Waals surface area contributed by atoms with Gasteiger partial charge in [0.05, 0.1) is 17.1 Å². The van der Waals surface area contributed by atoms with Crippen molar-refractivity contribution in [1.82, 2.24) is 10.0 Å². The lowest BCUT2D eigenvalue weighted by molar-refractivity contribution is 0.0937. The maximum Gasteiger partial charge on any atom is 0.252 e. The Balaban J connectivity index is 2.96. The first kappa shape index (κ1) is 20.1. The number of methoxy groups -OCH3 is 1. The van der Waals surface area contributed by atoms with Crippen LogP contribution in [0.3, 0.4) is 0 Å². The van der Waals surface area contributed by atoms with Crippen molar-refractivity contribution in [2.24, 2.45) is 0 Å². The molecule has 0 saturated heterocycles. The van der Waals surface area contributed by atoms with Crippen molar-refractivity contribution >= 4 is 31.9 Å². The smallest absolute Gasteiger partial charge is 0.252 e. The maximum absolute atomic E-state index is 12.3. The molecule has 1 unspecified atom stereocenters. The van der Waals surface area contributed by atoms with Gasteiger partial charge in [-0.2, -0.15) is 0 Å². The van der Waals surface area contributed by atoms with Crippen LogP contribution < -0.4 is 10.0 Å². The first-order chi connectivity index (χ1) is 10.8. The Morgan fingerprint density at radius 2 is 2.09 bits per heavy atom. The van der Waals surface area contributed by atoms with E-state index < -0.39 is 10.0 Å². The molecule has 6 nitrogen and oxygen atoms in total. The fraction of sp³-hybridized carbons (Fsp3) is 0.533. The van der Waals surface area contributed by atoms with Gasteiger partial charge in [-0.05, 0) is 47.5 Å². The molecule has 0 aliphatic rings. The van der Waals surface area contributed by atoms with Crippen LogP contribution in [0.1, 0.15) is 37.0 Å². The SMILES string of the molecule is CCCC(C)NC(=O)c1cc(S(=O)(=O)NCCOC)ccc1Br. The number of halogens is 1. The molecule has 0 aliphatic carbocycles. The zero-order valence-electron chi connectivity index (χ0n) is 13.6. The van der Waals surface area contributed by atoms with Gasteiger partial charge in [0.1, 0.15) is 0 Å². The Bertz CT molecular complexity index is 634. The molecule has 0 spiro atoms. The number of hydrogen-bond donors (Lipinski definition) is 2. The molecule has 1 aromatic rings. The Morgan fingerprint density at radius 1 is 1.39 bits per heavy atom. The van der Waals surface area contributed by atoms with Gasteiger partial charge in [0, 0.05) is 24.2 Å². The predicted octanol–water partition coefficient (Wildman–Crippen LogP) is 2.29. The summed E-state index contributed by atoms with van der Waals surface area (Å²) in [6.07, 6.45) is 1.82. The molecule has 0 bridgehead atoms. The molecule has 23 heavy (non-hydrogen) atoms. The standard InChI is InChI=1S/C15H23BrN2O4S/c1-4-5-11(2)18-15(19)13-10-12(6-7-14(13)16)23(20,21)17-8-9-22-3/h6-7,10-11,17H,4-5,8-9H2,1-3H3,(H,18,19). The molecule has 0 fully saturated rings. The summed E-state index contributed by atoms with van der Waals surface area (Å²) in [5.41, 5.74) is 0.294. The lowest BCUT2D eigenvalue weighted by Gasteiger charge is -2.14. The van der Waals surface area contributed by atoms with Crippen LogP contribution in [-0.4, -0.2) is 40.6 Å². The number of sulfonamides is 1. The largest absolute Gasteiger partial charge is 0.383 e. The van der Waals surface area contributed by atoms with Crippen molar-refractivity contribution in [1.29, 1.82) is 0 Å². The van der Waals surface area contributed by atoms with E-state index in [1.807, 2.05) is 13.8 Å². The van der Waals surface area contributed by atoms with Crippen molar-refractivity contribution in [2.45, 2.75) is 37.6 Å². The molecule has 0 radical (unpaired) electrons. The van der Waals surface area contributed by atoms with E-state index in [0.717, 1.165) is 12.8 Å². The third-order valence-electron chi connectivity index (χ3n) is 3.19. The first-order valence-electron chi connectivity index (χ1n) is 7.40. The summed E-state index contributed by atoms with van der Waals surface area (Å²) in [4.78, 5) is 12.4. The fourth-order valence-corrected chi connectivity index (χ4v) is 3.48. The van der Waals surface area contributed by atoms with Crippen LogP contribution in [0.15, 0.2) is 27.6 Å². The van der Waals surface area contributed by atoms with Gasteiger partial charge < -0.3 is 10.1 Å². The van der Waals surface area contributed by atoms with E-state index in [4.69, 9.17) is 4.74 Å². The number of benzene rings is 1. The molecule has 2 N–H and O–H groups in total. The second-order valence-electron chi connectivity index (χ2n) is 5.20. The summed E-state index contributed by atoms with van der Waals surface area (Å²) < 4.78 is 32.2. The van der Waals surface area contributed by atoms with Crippen LogP contribution >= 0.6 is 15.9 Å². The van der Waals surface area contributed by atoms with Crippen molar-refractivity contribution in [3.05, 3.63) is 28.2 Å². The third-order valence-corrected chi connectivity index (χ3v) is 5.34. The number of carbonyl (C=O) groups is 1. The van der Waals surface area contributed by atoms with Crippen LogP contribution in [0.25, 0.3) is 0 Å². The molecule has 0 heterocycles. The number of ether oxygens (including phenoxy) is 1. The van der Waals surface area contributed by atoms with Gasteiger partial charge in [0.25, 0.3) is 5.91 Å². The second-order valence-corrected chi connectivity index (χ2v) is 7.82. The molecule has 1 rings (SSSR count). The van der Waals surface area contributed by atoms with E-state index in [-0.39, 0.29) is 30.0 Å². The summed E-state index contributed by atoms with van der Waals surface area (Å²) in [7, 11) is -2.18. The predicted molar refractivity (Wildman–Crippen MR) is 93.0 cm³/mol. The molecule has 0 saturated carbocycles. The molecule has 1 aromatic carbocycles. The fourth-order valence-electron chi connectivity index (χ4n) is 2.01. The van der Waals surface area contributed by atoms with E-state index in [1.165, 1.54) is 19.2 Å². The number of hydrogen-bond acceptors (Lipinski definition) is 4. The first-order valence-corrected chi connectivity index (χ1v) is 9.68. The van der Waals surface area contributed by atoms with Crippen molar-refractivity contribution < 1.29 is 17.9 Å². The molecule has 1 amide bonds. The van der Waals surface area contributed by atoms with E-state index in [9.17, 15) is 13.2 Å². The van der Waals surface area contributed by atoms with Crippen LogP contribution in [0.2, 0.25) is 0 Å². The van der Waals surface area contributed by atoms with Crippen molar-refractivity contribution in [3.63, 3.8) is 0 Å². The highest BCUT2D eigenvalue weighted by Crippen LogP contribution is 2.21. The van der Waals surface area contributed by atoms with Gasteiger partial charge >= 0.3 is 0 Å². The van der Waals surface area contributed by atoms with Gasteiger partial charge in [-0.1, -0.05) is 13.3 Å². The second kappa shape index (κ2) is 9.36. The summed E-state index contributed by atoms with van der Waals surface area (Å²) in [6, 6.07) is 4.41. The number of amides is 1. The highest BCUT2D eigenvalue weighted by Gasteiger charge is 2.19. The van der Waals surface area contributed by atoms with Crippen LogP contribution in [0.5, 0.6) is 0 Å². The van der Waals surface area contributed by atoms with Crippen LogP contribution in [0, 0.1) is 0 Å². The normalized spacial score (nSPS) is 12.9. The quantitative estimate of drug-likeness (QED) is 0.616. The lowest BCUT2D eigenvalue weighted by Crippen LogP contribution is -2.33. The monoisotopic (exact) mass is 406 g/mol. The highest BCUT2D eigenvalue weighted by atomic mass is 79.9. The Kier molecular flexibility index (Phi) is 8.18. The van der Waals surface area contributed by atoms with Gasteiger partial charge in [-0.25, -0.2) is 13.1 Å². The minimum atomic E-state index is -3.67. The molecule has 8 heteroatoms. The Morgan fingerprint density at radius 3 is 2.70 bits per heavy atom. The van der Waals surface area contributed by atoms with Crippen molar-refractivity contribution in [3.8, 4) is 0 Å². The molecular formula is C15H23BrN2O4S. The Hall–Kier alpha value is -0.960. The zero-order valence-corrected chi connectivity index (χ0v) is 16.0. The molecular weight excluding hydrogens is 384 g/mol. The summed E-state index contributed by atoms with van der Waals surface area (Å²) in [6.45, 7) is 4.40. The lowest BCUT2D eigenvalue weighted by atomic mass is 10.1. The zero-order chi connectivity index (χ0) is 17.5. The summed E-state index contributed by atoms with van der Waals surface area (Å²) in [5.74, 6) is -0.299. The van der Waals surface area contributed by atoms with Gasteiger partial charge in [-0.3, -0.25) is 4.79 Å². The number of carbonyl (C=O) groups excluding carboxylic acids is 1. The Labute approximate surface area is 146 Å². The highest BCUT2D eigenvalue weighted by molar-refractivity contribution is 9.10. The number of nitrogens with one attached hydrogen (secondary N) is 2. The average Bonchev–Trinajstić information content (AvgIpc) is 2.47. The summed E-state index contributed by atoms with van der Waals surface area (Å²) >= 11 is 3.29. The minimum Gasteiger partial charge on any atom is -0.383 e. The van der Waals surface area contributed by atoms with Crippen LogP contribution in [0.4, 0.5) is 0 Å². The minimum absolute atomic E-state index is 0.0273. The topological polar surface area (TPSA) is 84.5 Å². The van der Waals surface area contributed by atoms with Gasteiger partial charge in [-0.15, -0.1) is 0 Å². The van der Waals surface area contributed by atoms with Gasteiger partial charge in [0.2, 0.25) is 10.0 Å². The van der Waals surface area contributed by atoms with E-state index >= 15 is 0 Å². The molecule has 0 aromatic heterocycles. The van der Waals surface area contributed by atoms with E-state index in [1.54, 1.807) is 6.07 Å². The van der Waals surface area contributed by atoms with Gasteiger partial charge in [0.15, 0.2) is 0 Å². The van der Waals surface area contributed by atoms with E-state index in [2.05, 4.69) is 26.0 Å². The summed E-state index contributed by atoms with van der Waals surface area (Å²) in [5, 5.41) is 2.86. The molecule has 0 aliphatic heterocycles. The average molecular weight is 407 g/mol. The molecule has 130 valence electrons.